The number of nitrogens with zero attached hydrogens (tertiary/aromatic N) is 1. The highest BCUT2D eigenvalue weighted by Gasteiger charge is 2.09. The molecule has 1 heterocycles. The summed E-state index contributed by atoms with van der Waals surface area (Å²) in [7, 11) is 0.459. The van der Waals surface area contributed by atoms with Gasteiger partial charge in [0.25, 0.3) is 0 Å². The van der Waals surface area contributed by atoms with E-state index in [0.29, 0.717) is 18.0 Å². The molecule has 0 aliphatic heterocycles. The summed E-state index contributed by atoms with van der Waals surface area (Å²) >= 11 is 0. The number of nitrogens with two attached hydrogens (primary N) is 1. The second-order valence-corrected chi connectivity index (χ2v) is 5.43. The number of hydrogen-bond acceptors (Lipinski definition) is 4. The molecule has 0 saturated heterocycles. The second-order valence-electron chi connectivity index (χ2n) is 3.98. The minimum Gasteiger partial charge on any atom is -0.497 e. The Morgan fingerprint density at radius 3 is 2.89 bits per heavy atom. The first-order chi connectivity index (χ1) is 9.24. The van der Waals surface area contributed by atoms with Crippen molar-refractivity contribution in [2.75, 3.05) is 7.11 Å². The molecule has 2 rings (SSSR count). The predicted molar refractivity (Wildman–Crippen MR) is 75.2 cm³/mol. The van der Waals surface area contributed by atoms with Crippen LogP contribution in [-0.4, -0.2) is 16.3 Å². The zero-order valence-electron chi connectivity index (χ0n) is 10.7. The maximum atomic E-state index is 12.3. The minimum atomic E-state index is -1.13. The lowest BCUT2D eigenvalue weighted by Crippen LogP contribution is -2.06. The Kier molecular flexibility index (Phi) is 4.65. The summed E-state index contributed by atoms with van der Waals surface area (Å²) in [5.41, 5.74) is 7.34. The van der Waals surface area contributed by atoms with Gasteiger partial charge >= 0.3 is 0 Å². The van der Waals surface area contributed by atoms with Crippen LogP contribution in [0.2, 0.25) is 0 Å². The average molecular weight is 276 g/mol. The largest absolute Gasteiger partial charge is 0.497 e. The number of ether oxygens (including phenoxy) is 1. The van der Waals surface area contributed by atoms with Crippen LogP contribution in [0.3, 0.4) is 0 Å². The van der Waals surface area contributed by atoms with E-state index in [1.165, 1.54) is 0 Å². The van der Waals surface area contributed by atoms with Gasteiger partial charge in [-0.15, -0.1) is 0 Å². The zero-order valence-corrected chi connectivity index (χ0v) is 11.5. The van der Waals surface area contributed by atoms with Crippen molar-refractivity contribution in [2.24, 2.45) is 5.73 Å². The number of rotatable bonds is 5. The van der Waals surface area contributed by atoms with E-state index in [1.54, 1.807) is 19.4 Å². The third-order valence-corrected chi connectivity index (χ3v) is 4.12. The van der Waals surface area contributed by atoms with E-state index < -0.39 is 10.8 Å². The molecule has 1 aromatic heterocycles. The van der Waals surface area contributed by atoms with Gasteiger partial charge in [0.2, 0.25) is 0 Å². The monoisotopic (exact) mass is 276 g/mol. The van der Waals surface area contributed by atoms with Gasteiger partial charge in [0.15, 0.2) is 0 Å². The van der Waals surface area contributed by atoms with Crippen molar-refractivity contribution in [1.29, 1.82) is 0 Å². The van der Waals surface area contributed by atoms with Gasteiger partial charge in [0.1, 0.15) is 5.75 Å². The van der Waals surface area contributed by atoms with Gasteiger partial charge in [-0.25, -0.2) is 0 Å². The van der Waals surface area contributed by atoms with Gasteiger partial charge in [-0.05, 0) is 29.8 Å². The van der Waals surface area contributed by atoms with Crippen molar-refractivity contribution in [2.45, 2.75) is 17.2 Å². The van der Waals surface area contributed by atoms with Crippen molar-refractivity contribution in [3.63, 3.8) is 0 Å². The van der Waals surface area contributed by atoms with Crippen molar-refractivity contribution in [3.8, 4) is 5.75 Å². The lowest BCUT2D eigenvalue weighted by Gasteiger charge is -2.07. The van der Waals surface area contributed by atoms with E-state index in [1.807, 2.05) is 30.3 Å². The van der Waals surface area contributed by atoms with Crippen LogP contribution in [0.5, 0.6) is 5.75 Å². The van der Waals surface area contributed by atoms with Crippen LogP contribution in [-0.2, 0) is 23.1 Å². The molecule has 1 atom stereocenters. The highest BCUT2D eigenvalue weighted by atomic mass is 32.2. The highest BCUT2D eigenvalue weighted by molar-refractivity contribution is 7.84. The summed E-state index contributed by atoms with van der Waals surface area (Å²) in [6.45, 7) is 0.353. The molecule has 0 aliphatic carbocycles. The van der Waals surface area contributed by atoms with E-state index in [-0.39, 0.29) is 0 Å². The fourth-order valence-corrected chi connectivity index (χ4v) is 2.94. The minimum absolute atomic E-state index is 0.353. The summed E-state index contributed by atoms with van der Waals surface area (Å²) in [6, 6.07) is 11.0. The Morgan fingerprint density at radius 1 is 1.32 bits per heavy atom. The molecule has 100 valence electrons. The molecule has 0 fully saturated rings. The fraction of sp³-hybridized carbons (Fsp3) is 0.214. The molecule has 2 aromatic rings. The maximum absolute atomic E-state index is 12.3. The second kappa shape index (κ2) is 6.45. The molecule has 2 N–H and O–H groups in total. The maximum Gasteiger partial charge on any atom is 0.120 e. The Bertz CT molecular complexity index is 587. The zero-order chi connectivity index (χ0) is 13.7. The van der Waals surface area contributed by atoms with Crippen LogP contribution in [0.1, 0.15) is 11.3 Å². The fourth-order valence-electron chi connectivity index (χ4n) is 1.75. The lowest BCUT2D eigenvalue weighted by atomic mass is 10.2. The molecule has 4 nitrogen and oxygen atoms in total. The van der Waals surface area contributed by atoms with Crippen LogP contribution >= 0.6 is 0 Å². The number of pyridine rings is 1. The molecule has 1 aromatic carbocycles. The molecule has 5 heteroatoms. The molecule has 0 radical (unpaired) electrons. The number of aromatic nitrogens is 1. The predicted octanol–water partition coefficient (Wildman–Crippen LogP) is 1.86. The molecule has 0 saturated carbocycles. The van der Waals surface area contributed by atoms with E-state index >= 15 is 0 Å². The van der Waals surface area contributed by atoms with Crippen LogP contribution in [0, 0.1) is 0 Å². The lowest BCUT2D eigenvalue weighted by molar-refractivity contribution is 0.413. The van der Waals surface area contributed by atoms with Crippen LogP contribution in [0.15, 0.2) is 47.5 Å². The van der Waals surface area contributed by atoms with E-state index in [9.17, 15) is 4.21 Å². The summed E-state index contributed by atoms with van der Waals surface area (Å²) in [4.78, 5) is 4.94. The molecule has 19 heavy (non-hydrogen) atoms. The first kappa shape index (κ1) is 13.7. The highest BCUT2D eigenvalue weighted by Crippen LogP contribution is 2.19. The van der Waals surface area contributed by atoms with Gasteiger partial charge in [0, 0.05) is 17.6 Å². The smallest absolute Gasteiger partial charge is 0.120 e. The van der Waals surface area contributed by atoms with Crippen molar-refractivity contribution < 1.29 is 8.95 Å². The summed E-state index contributed by atoms with van der Waals surface area (Å²) in [5, 5.41) is 0. The topological polar surface area (TPSA) is 65.2 Å². The van der Waals surface area contributed by atoms with Crippen molar-refractivity contribution in [1.82, 2.24) is 4.98 Å². The first-order valence-electron chi connectivity index (χ1n) is 5.90. The third kappa shape index (κ3) is 3.39. The number of methoxy groups -OCH3 is 1. The van der Waals surface area contributed by atoms with Gasteiger partial charge in [-0.3, -0.25) is 9.19 Å². The summed E-state index contributed by atoms with van der Waals surface area (Å²) < 4.78 is 17.5. The Balaban J connectivity index is 2.20. The number of benzene rings is 1. The Labute approximate surface area is 115 Å². The Morgan fingerprint density at radius 2 is 2.16 bits per heavy atom. The van der Waals surface area contributed by atoms with Gasteiger partial charge in [-0.1, -0.05) is 12.1 Å². The summed E-state index contributed by atoms with van der Waals surface area (Å²) in [6.07, 6.45) is 1.69. The van der Waals surface area contributed by atoms with Crippen LogP contribution in [0.4, 0.5) is 0 Å². The quantitative estimate of drug-likeness (QED) is 0.905. The molecular weight excluding hydrogens is 260 g/mol. The first-order valence-corrected chi connectivity index (χ1v) is 7.21. The van der Waals surface area contributed by atoms with Gasteiger partial charge in [-0.2, -0.15) is 0 Å². The molecule has 0 bridgehead atoms. The molecule has 1 unspecified atom stereocenters. The molecule has 0 spiro atoms. The van der Waals surface area contributed by atoms with Crippen LogP contribution in [0.25, 0.3) is 0 Å². The molecule has 0 aliphatic rings. The van der Waals surface area contributed by atoms with E-state index in [0.717, 1.165) is 16.2 Å². The van der Waals surface area contributed by atoms with E-state index in [4.69, 9.17) is 10.5 Å². The van der Waals surface area contributed by atoms with Gasteiger partial charge < -0.3 is 10.5 Å². The SMILES string of the molecule is COc1cccc(S(=O)Cc2cccnc2CN)c1. The average Bonchev–Trinajstić information content (AvgIpc) is 2.47. The molecular formula is C14H16N2O2S. The van der Waals surface area contributed by atoms with Gasteiger partial charge in [0.05, 0.1) is 29.4 Å². The normalized spacial score (nSPS) is 12.1. The Hall–Kier alpha value is -1.72. The van der Waals surface area contributed by atoms with E-state index in [2.05, 4.69) is 4.98 Å². The summed E-state index contributed by atoms with van der Waals surface area (Å²) in [5.74, 6) is 1.11. The molecule has 0 amide bonds. The standard InChI is InChI=1S/C14H16N2O2S/c1-18-12-5-2-6-13(8-12)19(17)10-11-4-3-7-16-14(11)9-15/h2-8H,9-10,15H2,1H3. The van der Waals surface area contributed by atoms with Crippen LogP contribution < -0.4 is 10.5 Å². The number of hydrogen-bond donors (Lipinski definition) is 1. The third-order valence-electron chi connectivity index (χ3n) is 2.77. The van der Waals surface area contributed by atoms with Crippen molar-refractivity contribution in [3.05, 3.63) is 53.9 Å². The van der Waals surface area contributed by atoms with Crippen molar-refractivity contribution >= 4 is 10.8 Å².